The summed E-state index contributed by atoms with van der Waals surface area (Å²) in [7, 11) is 0. The van der Waals surface area contributed by atoms with Crippen molar-refractivity contribution in [2.45, 2.75) is 64.0 Å². The lowest BCUT2D eigenvalue weighted by Crippen LogP contribution is -2.40. The number of hydrogen-bond donors (Lipinski definition) is 0. The molecule has 2 aliphatic rings. The van der Waals surface area contributed by atoms with Crippen molar-refractivity contribution in [1.82, 2.24) is 19.7 Å². The standard InChI is InChI=1S/C21H28N4O/c26-20(14-17-8-4-5-9-17)25-13-7-6-12-19(25)21-23-22-16-24(21)15-18-10-2-1-3-11-18/h1-3,10-11,16-17,19H,4-9,12-15H2/t19-/m0/s1. The van der Waals surface area contributed by atoms with E-state index in [9.17, 15) is 4.79 Å². The Morgan fingerprint density at radius 1 is 1.04 bits per heavy atom. The summed E-state index contributed by atoms with van der Waals surface area (Å²) in [6, 6.07) is 10.4. The Morgan fingerprint density at radius 2 is 1.81 bits per heavy atom. The summed E-state index contributed by atoms with van der Waals surface area (Å²) in [4.78, 5) is 15.1. The van der Waals surface area contributed by atoms with Gasteiger partial charge in [0.05, 0.1) is 12.6 Å². The maximum atomic E-state index is 13.0. The number of rotatable bonds is 5. The van der Waals surface area contributed by atoms with Gasteiger partial charge in [0.1, 0.15) is 6.33 Å². The van der Waals surface area contributed by atoms with Gasteiger partial charge in [0.2, 0.25) is 5.91 Å². The Kier molecular flexibility index (Phi) is 5.32. The van der Waals surface area contributed by atoms with Crippen LogP contribution >= 0.6 is 0 Å². The summed E-state index contributed by atoms with van der Waals surface area (Å²) in [5, 5.41) is 8.59. The van der Waals surface area contributed by atoms with Crippen LogP contribution in [0.2, 0.25) is 0 Å². The molecule has 1 amide bonds. The van der Waals surface area contributed by atoms with Crippen LogP contribution in [0, 0.1) is 5.92 Å². The smallest absolute Gasteiger partial charge is 0.223 e. The second-order valence-electron chi connectivity index (χ2n) is 7.76. The molecule has 0 spiro atoms. The van der Waals surface area contributed by atoms with Crippen LogP contribution in [0.15, 0.2) is 36.7 Å². The normalized spacial score (nSPS) is 21.2. The average Bonchev–Trinajstić information content (AvgIpc) is 3.34. The van der Waals surface area contributed by atoms with E-state index in [0.717, 1.165) is 38.2 Å². The lowest BCUT2D eigenvalue weighted by Gasteiger charge is -2.36. The van der Waals surface area contributed by atoms with Gasteiger partial charge in [0.15, 0.2) is 5.82 Å². The quantitative estimate of drug-likeness (QED) is 0.818. The monoisotopic (exact) mass is 352 g/mol. The zero-order valence-corrected chi connectivity index (χ0v) is 15.4. The number of carbonyl (C=O) groups is 1. The van der Waals surface area contributed by atoms with Gasteiger partial charge >= 0.3 is 0 Å². The number of amides is 1. The first-order valence-corrected chi connectivity index (χ1v) is 10.0. The van der Waals surface area contributed by atoms with Gasteiger partial charge in [-0.2, -0.15) is 0 Å². The molecule has 5 heteroatoms. The van der Waals surface area contributed by atoms with Gasteiger partial charge < -0.3 is 9.47 Å². The van der Waals surface area contributed by atoms with E-state index in [1.165, 1.54) is 31.2 Å². The average molecular weight is 352 g/mol. The minimum Gasteiger partial charge on any atom is -0.332 e. The molecule has 2 heterocycles. The summed E-state index contributed by atoms with van der Waals surface area (Å²) in [5.41, 5.74) is 1.23. The molecule has 4 rings (SSSR count). The van der Waals surface area contributed by atoms with E-state index in [1.807, 2.05) is 6.07 Å². The Hall–Kier alpha value is -2.17. The molecular formula is C21H28N4O. The van der Waals surface area contributed by atoms with Crippen LogP contribution in [0.3, 0.4) is 0 Å². The van der Waals surface area contributed by atoms with Gasteiger partial charge in [-0.25, -0.2) is 0 Å². The predicted molar refractivity (Wildman–Crippen MR) is 100 cm³/mol. The largest absolute Gasteiger partial charge is 0.332 e. The summed E-state index contributed by atoms with van der Waals surface area (Å²) in [5.74, 6) is 1.84. The molecule has 0 N–H and O–H groups in total. The van der Waals surface area contributed by atoms with Crippen molar-refractivity contribution in [2.24, 2.45) is 5.92 Å². The van der Waals surface area contributed by atoms with Gasteiger partial charge in [-0.1, -0.05) is 43.2 Å². The third-order valence-corrected chi connectivity index (χ3v) is 5.90. The molecule has 0 unspecified atom stereocenters. The van der Waals surface area contributed by atoms with Gasteiger partial charge in [-0.3, -0.25) is 4.79 Å². The van der Waals surface area contributed by atoms with Gasteiger partial charge in [0, 0.05) is 13.0 Å². The molecule has 1 aliphatic carbocycles. The summed E-state index contributed by atoms with van der Waals surface area (Å²) < 4.78 is 2.11. The molecule has 1 atom stereocenters. The van der Waals surface area contributed by atoms with Crippen LogP contribution in [-0.4, -0.2) is 32.1 Å². The molecule has 2 aromatic rings. The fourth-order valence-electron chi connectivity index (χ4n) is 4.50. The molecule has 1 aliphatic heterocycles. The van der Waals surface area contributed by atoms with E-state index in [2.05, 4.69) is 43.9 Å². The Labute approximate surface area is 155 Å². The number of piperidine rings is 1. The zero-order valence-electron chi connectivity index (χ0n) is 15.4. The number of benzene rings is 1. The minimum atomic E-state index is 0.0730. The minimum absolute atomic E-state index is 0.0730. The molecule has 2 fully saturated rings. The molecule has 138 valence electrons. The highest BCUT2D eigenvalue weighted by Gasteiger charge is 2.32. The van der Waals surface area contributed by atoms with Crippen LogP contribution < -0.4 is 0 Å². The zero-order chi connectivity index (χ0) is 17.8. The number of likely N-dealkylation sites (tertiary alicyclic amines) is 1. The van der Waals surface area contributed by atoms with Gasteiger partial charge in [-0.15, -0.1) is 10.2 Å². The van der Waals surface area contributed by atoms with Crippen molar-refractivity contribution in [3.63, 3.8) is 0 Å². The third-order valence-electron chi connectivity index (χ3n) is 5.90. The SMILES string of the molecule is O=C(CC1CCCC1)N1CCCC[C@H]1c1nncn1Cc1ccccc1. The molecule has 1 saturated heterocycles. The van der Waals surface area contributed by atoms with Crippen molar-refractivity contribution in [1.29, 1.82) is 0 Å². The lowest BCUT2D eigenvalue weighted by atomic mass is 9.97. The van der Waals surface area contributed by atoms with Crippen molar-refractivity contribution in [2.75, 3.05) is 6.54 Å². The van der Waals surface area contributed by atoms with Crippen molar-refractivity contribution in [3.8, 4) is 0 Å². The Morgan fingerprint density at radius 3 is 2.62 bits per heavy atom. The number of nitrogens with zero attached hydrogens (tertiary/aromatic N) is 4. The van der Waals surface area contributed by atoms with Crippen LogP contribution in [0.5, 0.6) is 0 Å². The lowest BCUT2D eigenvalue weighted by molar-refractivity contribution is -0.136. The predicted octanol–water partition coefficient (Wildman–Crippen LogP) is 3.96. The van der Waals surface area contributed by atoms with Crippen LogP contribution in [0.1, 0.15) is 68.8 Å². The van der Waals surface area contributed by atoms with Crippen molar-refractivity contribution < 1.29 is 4.79 Å². The first kappa shape index (κ1) is 17.3. The van der Waals surface area contributed by atoms with E-state index in [1.54, 1.807) is 6.33 Å². The molecule has 0 bridgehead atoms. The third kappa shape index (κ3) is 3.81. The Bertz CT molecular complexity index is 721. The first-order valence-electron chi connectivity index (χ1n) is 10.0. The van der Waals surface area contributed by atoms with Gasteiger partial charge in [0.25, 0.3) is 0 Å². The highest BCUT2D eigenvalue weighted by molar-refractivity contribution is 5.77. The van der Waals surface area contributed by atoms with Crippen LogP contribution in [0.4, 0.5) is 0 Å². The topological polar surface area (TPSA) is 51.0 Å². The fraction of sp³-hybridized carbons (Fsp3) is 0.571. The van der Waals surface area contributed by atoms with E-state index in [-0.39, 0.29) is 6.04 Å². The Balaban J connectivity index is 1.51. The number of carbonyl (C=O) groups excluding carboxylic acids is 1. The molecule has 5 nitrogen and oxygen atoms in total. The molecule has 1 aromatic heterocycles. The van der Waals surface area contributed by atoms with E-state index < -0.39 is 0 Å². The second kappa shape index (κ2) is 8.02. The molecule has 0 radical (unpaired) electrons. The van der Waals surface area contributed by atoms with Crippen molar-refractivity contribution >= 4 is 5.91 Å². The van der Waals surface area contributed by atoms with Gasteiger partial charge in [-0.05, 0) is 43.6 Å². The van der Waals surface area contributed by atoms with E-state index in [0.29, 0.717) is 18.2 Å². The van der Waals surface area contributed by atoms with E-state index >= 15 is 0 Å². The van der Waals surface area contributed by atoms with E-state index in [4.69, 9.17) is 0 Å². The maximum Gasteiger partial charge on any atom is 0.223 e. The highest BCUT2D eigenvalue weighted by Crippen LogP contribution is 2.33. The van der Waals surface area contributed by atoms with Crippen LogP contribution in [0.25, 0.3) is 0 Å². The molecule has 1 saturated carbocycles. The number of aromatic nitrogens is 3. The maximum absolute atomic E-state index is 13.0. The highest BCUT2D eigenvalue weighted by atomic mass is 16.2. The summed E-state index contributed by atoms with van der Waals surface area (Å²) in [6.07, 6.45) is 10.8. The second-order valence-corrected chi connectivity index (χ2v) is 7.76. The van der Waals surface area contributed by atoms with Crippen molar-refractivity contribution in [3.05, 3.63) is 48.0 Å². The summed E-state index contributed by atoms with van der Waals surface area (Å²) in [6.45, 7) is 1.61. The molecule has 1 aromatic carbocycles. The fourth-order valence-corrected chi connectivity index (χ4v) is 4.50. The van der Waals surface area contributed by atoms with Crippen LogP contribution in [-0.2, 0) is 11.3 Å². The molecular weight excluding hydrogens is 324 g/mol. The first-order chi connectivity index (χ1) is 12.8. The number of hydrogen-bond acceptors (Lipinski definition) is 3. The summed E-state index contributed by atoms with van der Waals surface area (Å²) >= 11 is 0. The molecule has 26 heavy (non-hydrogen) atoms.